The normalized spacial score (nSPS) is 14.0. The topological polar surface area (TPSA) is 96.0 Å². The monoisotopic (exact) mass is 643 g/mol. The zero-order valence-corrected chi connectivity index (χ0v) is 26.5. The molecule has 46 heavy (non-hydrogen) atoms. The number of halogens is 1. The van der Waals surface area contributed by atoms with E-state index < -0.39 is 34.3 Å². The summed E-state index contributed by atoms with van der Waals surface area (Å²) in [5, 5.41) is 3.12. The lowest BCUT2D eigenvalue weighted by atomic mass is 10.0. The number of carbonyl (C=O) groups is 2. The summed E-state index contributed by atoms with van der Waals surface area (Å²) in [6, 6.07) is 28.5. The molecule has 1 N–H and O–H groups in total. The number of amides is 2. The molecule has 8 nitrogen and oxygen atoms in total. The van der Waals surface area contributed by atoms with Crippen molar-refractivity contribution in [1.29, 1.82) is 0 Å². The van der Waals surface area contributed by atoms with E-state index in [0.717, 1.165) is 35.6 Å². The van der Waals surface area contributed by atoms with Crippen LogP contribution in [0.5, 0.6) is 5.75 Å². The second kappa shape index (κ2) is 15.1. The van der Waals surface area contributed by atoms with Crippen LogP contribution in [0.25, 0.3) is 0 Å². The van der Waals surface area contributed by atoms with E-state index in [1.54, 1.807) is 54.6 Å². The summed E-state index contributed by atoms with van der Waals surface area (Å²) in [6.07, 6.45) is 3.83. The van der Waals surface area contributed by atoms with Gasteiger partial charge in [-0.05, 0) is 48.7 Å². The lowest BCUT2D eigenvalue weighted by Gasteiger charge is -2.34. The highest BCUT2D eigenvalue weighted by Gasteiger charge is 2.36. The SMILES string of the molecule is COc1cccc(N(CC(=O)N(Cc2ccccc2F)[C@H](Cc2ccccc2)C(=O)NC2CCCC2)S(=O)(=O)c2ccccc2)c1. The molecule has 4 aromatic carbocycles. The van der Waals surface area contributed by atoms with Crippen molar-refractivity contribution in [3.8, 4) is 5.75 Å². The molecule has 240 valence electrons. The third-order valence-electron chi connectivity index (χ3n) is 8.22. The van der Waals surface area contributed by atoms with E-state index in [9.17, 15) is 18.0 Å². The van der Waals surface area contributed by atoms with Crippen molar-refractivity contribution in [2.45, 2.75) is 55.6 Å². The number of ether oxygens (including phenoxy) is 1. The Kier molecular flexibility index (Phi) is 10.7. The van der Waals surface area contributed by atoms with Gasteiger partial charge in [0.15, 0.2) is 0 Å². The molecule has 0 radical (unpaired) electrons. The fourth-order valence-electron chi connectivity index (χ4n) is 5.75. The first-order valence-corrected chi connectivity index (χ1v) is 16.8. The van der Waals surface area contributed by atoms with E-state index in [1.807, 2.05) is 30.3 Å². The number of carbonyl (C=O) groups excluding carboxylic acids is 2. The third-order valence-corrected chi connectivity index (χ3v) is 10.0. The summed E-state index contributed by atoms with van der Waals surface area (Å²) >= 11 is 0. The number of rotatable bonds is 13. The molecule has 2 amide bonds. The molecule has 0 bridgehead atoms. The maximum absolute atomic E-state index is 15.1. The van der Waals surface area contributed by atoms with E-state index in [2.05, 4.69) is 5.32 Å². The van der Waals surface area contributed by atoms with Crippen LogP contribution >= 0.6 is 0 Å². The molecule has 0 unspecified atom stereocenters. The number of nitrogens with zero attached hydrogens (tertiary/aromatic N) is 2. The minimum Gasteiger partial charge on any atom is -0.497 e. The first-order valence-electron chi connectivity index (χ1n) is 15.4. The zero-order chi connectivity index (χ0) is 32.5. The molecule has 1 aliphatic carbocycles. The third kappa shape index (κ3) is 7.92. The Bertz CT molecular complexity index is 1730. The number of sulfonamides is 1. The Hall–Kier alpha value is -4.70. The van der Waals surface area contributed by atoms with Gasteiger partial charge < -0.3 is 15.0 Å². The first-order chi connectivity index (χ1) is 22.3. The lowest BCUT2D eigenvalue weighted by Crippen LogP contribution is -2.54. The van der Waals surface area contributed by atoms with E-state index in [4.69, 9.17) is 4.74 Å². The van der Waals surface area contributed by atoms with Crippen LogP contribution in [0.4, 0.5) is 10.1 Å². The molecule has 0 aromatic heterocycles. The van der Waals surface area contributed by atoms with Gasteiger partial charge in [0.1, 0.15) is 24.2 Å². The van der Waals surface area contributed by atoms with Crippen molar-refractivity contribution in [2.75, 3.05) is 18.0 Å². The maximum Gasteiger partial charge on any atom is 0.264 e. The van der Waals surface area contributed by atoms with E-state index in [-0.39, 0.29) is 41.1 Å². The molecule has 1 aliphatic rings. The molecule has 0 heterocycles. The summed E-state index contributed by atoms with van der Waals surface area (Å²) in [7, 11) is -2.79. The highest BCUT2D eigenvalue weighted by molar-refractivity contribution is 7.92. The Morgan fingerprint density at radius 1 is 0.891 bits per heavy atom. The van der Waals surface area contributed by atoms with E-state index in [1.165, 1.54) is 36.3 Å². The number of anilines is 1. The van der Waals surface area contributed by atoms with Gasteiger partial charge >= 0.3 is 0 Å². The average Bonchev–Trinajstić information content (AvgIpc) is 3.59. The number of hydrogen-bond donors (Lipinski definition) is 1. The van der Waals surface area contributed by atoms with Crippen LogP contribution in [-0.2, 0) is 32.6 Å². The summed E-state index contributed by atoms with van der Waals surface area (Å²) in [5.74, 6) is -1.15. The van der Waals surface area contributed by atoms with Gasteiger partial charge in [0, 0.05) is 30.6 Å². The molecule has 0 spiro atoms. The highest BCUT2D eigenvalue weighted by atomic mass is 32.2. The molecule has 5 rings (SSSR count). The summed E-state index contributed by atoms with van der Waals surface area (Å²) in [6.45, 7) is -0.876. The Morgan fingerprint density at radius 2 is 1.54 bits per heavy atom. The van der Waals surface area contributed by atoms with Gasteiger partial charge in [-0.15, -0.1) is 0 Å². The van der Waals surface area contributed by atoms with Crippen LogP contribution in [0, 0.1) is 5.82 Å². The molecule has 1 saturated carbocycles. The van der Waals surface area contributed by atoms with Gasteiger partial charge in [0.2, 0.25) is 11.8 Å². The first kappa shape index (κ1) is 32.7. The molecular formula is C36H38FN3O5S. The van der Waals surface area contributed by atoms with E-state index >= 15 is 4.39 Å². The molecule has 10 heteroatoms. The van der Waals surface area contributed by atoms with Crippen LogP contribution in [-0.4, -0.2) is 50.9 Å². The largest absolute Gasteiger partial charge is 0.497 e. The van der Waals surface area contributed by atoms with Crippen LogP contribution in [0.1, 0.15) is 36.8 Å². The van der Waals surface area contributed by atoms with Crippen molar-refractivity contribution in [1.82, 2.24) is 10.2 Å². The van der Waals surface area contributed by atoms with Crippen molar-refractivity contribution >= 4 is 27.5 Å². The van der Waals surface area contributed by atoms with Gasteiger partial charge in [0.25, 0.3) is 10.0 Å². The molecule has 1 atom stereocenters. The van der Waals surface area contributed by atoms with Crippen molar-refractivity contribution < 1.29 is 27.1 Å². The fourth-order valence-corrected chi connectivity index (χ4v) is 7.17. The lowest BCUT2D eigenvalue weighted by molar-refractivity contribution is -0.140. The van der Waals surface area contributed by atoms with Crippen LogP contribution < -0.4 is 14.4 Å². The Balaban J connectivity index is 1.58. The standard InChI is InChI=1S/C36H38FN3O5S/c1-45-31-19-12-18-30(24-31)40(46(43,44)32-20-6-3-7-21-32)26-35(41)39(25-28-15-8-11-22-33(28)37)34(23-27-13-4-2-5-14-27)36(42)38-29-16-9-10-17-29/h2-8,11-15,18-22,24,29,34H,9-10,16-17,23,25-26H2,1H3,(H,38,42)/t34-/m1/s1. The van der Waals surface area contributed by atoms with Crippen LogP contribution in [0.3, 0.4) is 0 Å². The maximum atomic E-state index is 15.1. The van der Waals surface area contributed by atoms with Gasteiger partial charge in [-0.2, -0.15) is 0 Å². The predicted molar refractivity (Wildman–Crippen MR) is 175 cm³/mol. The van der Waals surface area contributed by atoms with Gasteiger partial charge in [0.05, 0.1) is 17.7 Å². The fraction of sp³-hybridized carbons (Fsp3) is 0.278. The van der Waals surface area contributed by atoms with Gasteiger partial charge in [-0.25, -0.2) is 12.8 Å². The predicted octanol–water partition coefficient (Wildman–Crippen LogP) is 5.73. The second-order valence-corrected chi connectivity index (χ2v) is 13.2. The highest BCUT2D eigenvalue weighted by Crippen LogP contribution is 2.28. The van der Waals surface area contributed by atoms with Crippen molar-refractivity contribution in [3.63, 3.8) is 0 Å². The number of methoxy groups -OCH3 is 1. The van der Waals surface area contributed by atoms with Gasteiger partial charge in [-0.3, -0.25) is 13.9 Å². The molecule has 1 fully saturated rings. The van der Waals surface area contributed by atoms with Crippen molar-refractivity contribution in [2.24, 2.45) is 0 Å². The van der Waals surface area contributed by atoms with E-state index in [0.29, 0.717) is 5.75 Å². The van der Waals surface area contributed by atoms with Crippen molar-refractivity contribution in [3.05, 3.63) is 126 Å². The van der Waals surface area contributed by atoms with Gasteiger partial charge in [-0.1, -0.05) is 85.6 Å². The second-order valence-electron chi connectivity index (χ2n) is 11.3. The summed E-state index contributed by atoms with van der Waals surface area (Å²) in [4.78, 5) is 29.9. The minimum absolute atomic E-state index is 0.00825. The Morgan fingerprint density at radius 3 is 2.22 bits per heavy atom. The minimum atomic E-state index is -4.26. The number of hydrogen-bond acceptors (Lipinski definition) is 5. The number of nitrogens with one attached hydrogen (secondary N) is 1. The molecule has 0 saturated heterocycles. The average molecular weight is 644 g/mol. The van der Waals surface area contributed by atoms with Crippen LogP contribution in [0.2, 0.25) is 0 Å². The quantitative estimate of drug-likeness (QED) is 0.201. The van der Waals surface area contributed by atoms with Crippen LogP contribution in [0.15, 0.2) is 114 Å². The smallest absolute Gasteiger partial charge is 0.264 e. The number of benzene rings is 4. The summed E-state index contributed by atoms with van der Waals surface area (Å²) < 4.78 is 49.7. The Labute approximate surface area is 269 Å². The molecule has 4 aromatic rings. The zero-order valence-electron chi connectivity index (χ0n) is 25.7. The summed E-state index contributed by atoms with van der Waals surface area (Å²) in [5.41, 5.74) is 1.22. The molecular weight excluding hydrogens is 605 g/mol. The molecule has 0 aliphatic heterocycles.